The molecule has 3 nitrogen and oxygen atoms in total. The molecule has 0 saturated heterocycles. The number of hydrogen-bond acceptors (Lipinski definition) is 3. The predicted octanol–water partition coefficient (Wildman–Crippen LogP) is 3.13. The summed E-state index contributed by atoms with van der Waals surface area (Å²) in [5.74, 6) is 0.479. The third-order valence-corrected chi connectivity index (χ3v) is 2.38. The lowest BCUT2D eigenvalue weighted by atomic mass is 10.1. The molecule has 3 heteroatoms. The molecule has 0 unspecified atom stereocenters. The van der Waals surface area contributed by atoms with Crippen LogP contribution >= 0.6 is 0 Å². The Morgan fingerprint density at radius 3 is 2.69 bits per heavy atom. The highest BCUT2D eigenvalue weighted by molar-refractivity contribution is 5.70. The molecule has 0 spiro atoms. The zero-order valence-electron chi connectivity index (χ0n) is 9.83. The second-order valence-electron chi connectivity index (χ2n) is 3.37. The number of nitrogens with two attached hydrogens (primary N) is 1. The van der Waals surface area contributed by atoms with E-state index in [0.717, 1.165) is 30.5 Å². The van der Waals surface area contributed by atoms with Crippen LogP contribution in [0.3, 0.4) is 0 Å². The molecule has 1 heterocycles. The third-order valence-electron chi connectivity index (χ3n) is 2.38. The van der Waals surface area contributed by atoms with Gasteiger partial charge in [0, 0.05) is 0 Å². The number of allylic oxidation sites excluding steroid dienone is 2. The number of nitrogen functional groups attached to an aromatic ring is 1. The minimum absolute atomic E-state index is 0.479. The minimum Gasteiger partial charge on any atom is -0.384 e. The summed E-state index contributed by atoms with van der Waals surface area (Å²) in [6.07, 6.45) is 5.38. The SMILES string of the molecule is CC.N#Cc1ccc(N)nc1C1=CCCC1. The van der Waals surface area contributed by atoms with Crippen molar-refractivity contribution >= 4 is 11.4 Å². The Hall–Kier alpha value is -1.82. The van der Waals surface area contributed by atoms with Crippen LogP contribution in [-0.2, 0) is 0 Å². The molecular weight excluding hydrogens is 198 g/mol. The molecule has 0 atom stereocenters. The normalized spacial score (nSPS) is 13.4. The van der Waals surface area contributed by atoms with Crippen LogP contribution in [0.1, 0.15) is 44.4 Å². The van der Waals surface area contributed by atoms with Crippen LogP contribution in [0.25, 0.3) is 5.57 Å². The molecule has 0 aliphatic heterocycles. The molecule has 1 aromatic heterocycles. The standard InChI is InChI=1S/C11H11N3.C2H6/c12-7-9-5-6-10(13)14-11(9)8-3-1-2-4-8;1-2/h3,5-6H,1-2,4H2,(H2,13,14);1-2H3. The molecule has 0 radical (unpaired) electrons. The van der Waals surface area contributed by atoms with E-state index in [4.69, 9.17) is 11.0 Å². The van der Waals surface area contributed by atoms with E-state index in [1.54, 1.807) is 12.1 Å². The highest BCUT2D eigenvalue weighted by Gasteiger charge is 2.12. The topological polar surface area (TPSA) is 62.7 Å². The van der Waals surface area contributed by atoms with Gasteiger partial charge in [-0.25, -0.2) is 4.98 Å². The van der Waals surface area contributed by atoms with Gasteiger partial charge in [-0.2, -0.15) is 5.26 Å². The van der Waals surface area contributed by atoms with Crippen molar-refractivity contribution < 1.29 is 0 Å². The van der Waals surface area contributed by atoms with Gasteiger partial charge in [0.2, 0.25) is 0 Å². The van der Waals surface area contributed by atoms with Crippen molar-refractivity contribution in [3.63, 3.8) is 0 Å². The van der Waals surface area contributed by atoms with Gasteiger partial charge in [-0.3, -0.25) is 0 Å². The maximum atomic E-state index is 8.91. The first kappa shape index (κ1) is 12.3. The van der Waals surface area contributed by atoms with Crippen molar-refractivity contribution in [2.24, 2.45) is 0 Å². The van der Waals surface area contributed by atoms with Gasteiger partial charge in [0.25, 0.3) is 0 Å². The van der Waals surface area contributed by atoms with Crippen molar-refractivity contribution in [3.05, 3.63) is 29.5 Å². The van der Waals surface area contributed by atoms with Gasteiger partial charge in [-0.15, -0.1) is 0 Å². The highest BCUT2D eigenvalue weighted by atomic mass is 14.8. The van der Waals surface area contributed by atoms with Gasteiger partial charge in [0.05, 0.1) is 11.3 Å². The van der Waals surface area contributed by atoms with E-state index in [1.807, 2.05) is 13.8 Å². The van der Waals surface area contributed by atoms with E-state index >= 15 is 0 Å². The molecule has 2 rings (SSSR count). The molecule has 0 aromatic carbocycles. The molecule has 84 valence electrons. The minimum atomic E-state index is 0.479. The number of nitriles is 1. The number of nitrogens with zero attached hydrogens (tertiary/aromatic N) is 2. The number of rotatable bonds is 1. The molecule has 1 aliphatic carbocycles. The lowest BCUT2D eigenvalue weighted by Gasteiger charge is -2.04. The van der Waals surface area contributed by atoms with E-state index < -0.39 is 0 Å². The molecular formula is C13H17N3. The summed E-state index contributed by atoms with van der Waals surface area (Å²) in [5, 5.41) is 8.91. The number of pyridine rings is 1. The average Bonchev–Trinajstić information content (AvgIpc) is 2.85. The van der Waals surface area contributed by atoms with E-state index in [9.17, 15) is 0 Å². The Morgan fingerprint density at radius 1 is 1.38 bits per heavy atom. The quantitative estimate of drug-likeness (QED) is 0.782. The van der Waals surface area contributed by atoms with Crippen molar-refractivity contribution in [3.8, 4) is 6.07 Å². The van der Waals surface area contributed by atoms with Crippen LogP contribution in [0.4, 0.5) is 5.82 Å². The summed E-state index contributed by atoms with van der Waals surface area (Å²) >= 11 is 0. The van der Waals surface area contributed by atoms with Gasteiger partial charge < -0.3 is 5.73 Å². The molecule has 0 amide bonds. The summed E-state index contributed by atoms with van der Waals surface area (Å²) < 4.78 is 0. The molecule has 2 N–H and O–H groups in total. The maximum Gasteiger partial charge on any atom is 0.124 e. The lowest BCUT2D eigenvalue weighted by molar-refractivity contribution is 0.932. The second-order valence-corrected chi connectivity index (χ2v) is 3.37. The van der Waals surface area contributed by atoms with Gasteiger partial charge in [0.15, 0.2) is 0 Å². The first-order valence-corrected chi connectivity index (χ1v) is 5.67. The van der Waals surface area contributed by atoms with Crippen molar-refractivity contribution in [2.45, 2.75) is 33.1 Å². The highest BCUT2D eigenvalue weighted by Crippen LogP contribution is 2.28. The van der Waals surface area contributed by atoms with Crippen LogP contribution in [-0.4, -0.2) is 4.98 Å². The first-order valence-electron chi connectivity index (χ1n) is 5.67. The van der Waals surface area contributed by atoms with E-state index in [0.29, 0.717) is 11.4 Å². The zero-order valence-corrected chi connectivity index (χ0v) is 9.83. The van der Waals surface area contributed by atoms with Crippen LogP contribution in [0, 0.1) is 11.3 Å². The van der Waals surface area contributed by atoms with Gasteiger partial charge >= 0.3 is 0 Å². The lowest BCUT2D eigenvalue weighted by Crippen LogP contribution is -1.97. The van der Waals surface area contributed by atoms with Crippen LogP contribution in [0.5, 0.6) is 0 Å². The molecule has 1 aromatic rings. The number of anilines is 1. The Labute approximate surface area is 96.6 Å². The van der Waals surface area contributed by atoms with Crippen LogP contribution in [0.15, 0.2) is 18.2 Å². The monoisotopic (exact) mass is 215 g/mol. The Bertz CT molecular complexity index is 427. The predicted molar refractivity (Wildman–Crippen MR) is 66.5 cm³/mol. The Kier molecular flexibility index (Phi) is 4.53. The van der Waals surface area contributed by atoms with Gasteiger partial charge in [-0.05, 0) is 37.0 Å². The van der Waals surface area contributed by atoms with Crippen molar-refractivity contribution in [1.29, 1.82) is 5.26 Å². The van der Waals surface area contributed by atoms with Gasteiger partial charge in [0.1, 0.15) is 11.9 Å². The fraction of sp³-hybridized carbons (Fsp3) is 0.385. The molecule has 0 bridgehead atoms. The van der Waals surface area contributed by atoms with E-state index in [1.165, 1.54) is 0 Å². The summed E-state index contributed by atoms with van der Waals surface area (Å²) in [6.45, 7) is 4.00. The molecule has 1 aliphatic rings. The fourth-order valence-corrected chi connectivity index (χ4v) is 1.70. The van der Waals surface area contributed by atoms with Crippen LogP contribution in [0.2, 0.25) is 0 Å². The summed E-state index contributed by atoms with van der Waals surface area (Å²) in [5.41, 5.74) is 8.15. The summed E-state index contributed by atoms with van der Waals surface area (Å²) in [4.78, 5) is 4.21. The average molecular weight is 215 g/mol. The molecule has 16 heavy (non-hydrogen) atoms. The Morgan fingerprint density at radius 2 is 2.12 bits per heavy atom. The smallest absolute Gasteiger partial charge is 0.124 e. The number of hydrogen-bond donors (Lipinski definition) is 1. The molecule has 0 fully saturated rings. The zero-order chi connectivity index (χ0) is 12.0. The van der Waals surface area contributed by atoms with Crippen molar-refractivity contribution in [1.82, 2.24) is 4.98 Å². The Balaban J connectivity index is 0.000000606. The van der Waals surface area contributed by atoms with E-state index in [-0.39, 0.29) is 0 Å². The van der Waals surface area contributed by atoms with Crippen molar-refractivity contribution in [2.75, 3.05) is 5.73 Å². The number of aromatic nitrogens is 1. The first-order chi connectivity index (χ1) is 7.81. The van der Waals surface area contributed by atoms with Gasteiger partial charge in [-0.1, -0.05) is 19.9 Å². The fourth-order valence-electron chi connectivity index (χ4n) is 1.70. The molecule has 0 saturated carbocycles. The van der Waals surface area contributed by atoms with Crippen LogP contribution < -0.4 is 5.73 Å². The summed E-state index contributed by atoms with van der Waals surface area (Å²) in [7, 11) is 0. The van der Waals surface area contributed by atoms with E-state index in [2.05, 4.69) is 17.1 Å². The summed E-state index contributed by atoms with van der Waals surface area (Å²) in [6, 6.07) is 5.54. The largest absolute Gasteiger partial charge is 0.384 e. The third kappa shape index (κ3) is 2.60. The maximum absolute atomic E-state index is 8.91. The second kappa shape index (κ2) is 5.92.